The summed E-state index contributed by atoms with van der Waals surface area (Å²) < 4.78 is 10.0. The van der Waals surface area contributed by atoms with E-state index in [-0.39, 0.29) is 33.4 Å². The second-order valence-electron chi connectivity index (χ2n) is 8.06. The minimum Gasteiger partial charge on any atom is -0.465 e. The molecule has 2 heterocycles. The maximum absolute atomic E-state index is 13.0. The Morgan fingerprint density at radius 1 is 1.03 bits per heavy atom. The molecule has 1 aliphatic heterocycles. The van der Waals surface area contributed by atoms with Gasteiger partial charge in [0.1, 0.15) is 18.5 Å². The van der Waals surface area contributed by atoms with E-state index in [1.165, 1.54) is 37.4 Å². The highest BCUT2D eigenvalue weighted by molar-refractivity contribution is 6.22. The highest BCUT2D eigenvalue weighted by atomic mass is 16.5. The fraction of sp³-hybridized carbons (Fsp3) is 0.250. The summed E-state index contributed by atoms with van der Waals surface area (Å²) in [6.45, 7) is 2.98. The van der Waals surface area contributed by atoms with E-state index in [1.807, 2.05) is 0 Å². The molecular weight excluding hydrogens is 442 g/mol. The van der Waals surface area contributed by atoms with Crippen molar-refractivity contribution in [3.05, 3.63) is 75.3 Å². The van der Waals surface area contributed by atoms with Gasteiger partial charge < -0.3 is 14.5 Å². The maximum Gasteiger partial charge on any atom is 0.337 e. The minimum absolute atomic E-state index is 0.0396. The molecule has 1 N–H and O–H groups in total. The second kappa shape index (κ2) is 8.89. The first-order chi connectivity index (χ1) is 16.2. The van der Waals surface area contributed by atoms with Gasteiger partial charge in [0.15, 0.2) is 0 Å². The molecule has 0 aliphatic carbocycles. The summed E-state index contributed by atoms with van der Waals surface area (Å²) in [5.74, 6) is -2.92. The van der Waals surface area contributed by atoms with Crippen LogP contribution < -0.4 is 5.56 Å². The van der Waals surface area contributed by atoms with Crippen LogP contribution in [0.1, 0.15) is 50.7 Å². The van der Waals surface area contributed by atoms with Crippen LogP contribution in [0.2, 0.25) is 0 Å². The molecule has 0 saturated heterocycles. The summed E-state index contributed by atoms with van der Waals surface area (Å²) >= 11 is 0. The third-order valence-corrected chi connectivity index (χ3v) is 5.50. The zero-order valence-electron chi connectivity index (χ0n) is 18.7. The number of ether oxygens (including phenoxy) is 2. The van der Waals surface area contributed by atoms with E-state index >= 15 is 0 Å². The number of carbonyl (C=O) groups is 4. The van der Waals surface area contributed by atoms with Crippen molar-refractivity contribution in [1.29, 1.82) is 0 Å². The monoisotopic (exact) mass is 463 g/mol. The fourth-order valence-corrected chi connectivity index (χ4v) is 3.86. The maximum atomic E-state index is 13.0. The lowest BCUT2D eigenvalue weighted by molar-refractivity contribution is -0.151. The first kappa shape index (κ1) is 22.8. The van der Waals surface area contributed by atoms with Gasteiger partial charge in [0.25, 0.3) is 17.4 Å². The Bertz CT molecular complexity index is 1360. The standard InChI is InChI=1S/C24H21N3O7/c1-12(2)19(27-21(29)14-6-4-5-7-15(14)22(27)30)24(32)34-11-18-25-17-10-13(23(31)33-3)8-9-16(17)20(28)26-18/h4-10,12,19H,11H2,1-3H3,(H,25,26,28). The largest absolute Gasteiger partial charge is 0.465 e. The van der Waals surface area contributed by atoms with Crippen molar-refractivity contribution in [3.63, 3.8) is 0 Å². The smallest absolute Gasteiger partial charge is 0.337 e. The van der Waals surface area contributed by atoms with Gasteiger partial charge in [-0.2, -0.15) is 0 Å². The third kappa shape index (κ3) is 3.94. The fourth-order valence-electron chi connectivity index (χ4n) is 3.86. The van der Waals surface area contributed by atoms with E-state index in [0.717, 1.165) is 4.90 Å². The highest BCUT2D eigenvalue weighted by Crippen LogP contribution is 2.27. The number of nitrogens with zero attached hydrogens (tertiary/aromatic N) is 2. The number of fused-ring (bicyclic) bond motifs is 2. The number of amides is 2. The molecule has 0 fully saturated rings. The number of H-pyrrole nitrogens is 1. The molecule has 10 nitrogen and oxygen atoms in total. The number of hydrogen-bond donors (Lipinski definition) is 1. The average molecular weight is 463 g/mol. The van der Waals surface area contributed by atoms with Crippen LogP contribution in [0.5, 0.6) is 0 Å². The number of nitrogens with one attached hydrogen (secondary N) is 1. The van der Waals surface area contributed by atoms with Crippen LogP contribution >= 0.6 is 0 Å². The molecule has 1 atom stereocenters. The first-order valence-electron chi connectivity index (χ1n) is 10.5. The van der Waals surface area contributed by atoms with Gasteiger partial charge in [0.05, 0.1) is 34.7 Å². The van der Waals surface area contributed by atoms with Crippen LogP contribution in [0.3, 0.4) is 0 Å². The molecule has 0 spiro atoms. The molecule has 0 bridgehead atoms. The molecule has 3 aromatic rings. The van der Waals surface area contributed by atoms with Crippen molar-refractivity contribution >= 4 is 34.7 Å². The van der Waals surface area contributed by atoms with E-state index in [2.05, 4.69) is 14.7 Å². The molecule has 174 valence electrons. The molecule has 10 heteroatoms. The number of aromatic amines is 1. The van der Waals surface area contributed by atoms with Gasteiger partial charge in [-0.3, -0.25) is 19.3 Å². The molecule has 0 radical (unpaired) electrons. The van der Waals surface area contributed by atoms with Crippen LogP contribution in [-0.4, -0.2) is 51.8 Å². The van der Waals surface area contributed by atoms with Crippen molar-refractivity contribution in [2.45, 2.75) is 26.5 Å². The third-order valence-electron chi connectivity index (χ3n) is 5.50. The summed E-state index contributed by atoms with van der Waals surface area (Å²) in [6, 6.07) is 9.48. The predicted octanol–water partition coefficient (Wildman–Crippen LogP) is 2.07. The van der Waals surface area contributed by atoms with Gasteiger partial charge in [-0.25, -0.2) is 14.6 Å². The van der Waals surface area contributed by atoms with Crippen molar-refractivity contribution < 1.29 is 28.7 Å². The topological polar surface area (TPSA) is 136 Å². The summed E-state index contributed by atoms with van der Waals surface area (Å²) in [5, 5.41) is 0.244. The van der Waals surface area contributed by atoms with Gasteiger partial charge in [-0.05, 0) is 36.2 Å². The van der Waals surface area contributed by atoms with E-state index in [1.54, 1.807) is 26.0 Å². The van der Waals surface area contributed by atoms with E-state index in [4.69, 9.17) is 4.74 Å². The Morgan fingerprint density at radius 2 is 1.68 bits per heavy atom. The molecule has 2 aromatic carbocycles. The Hall–Kier alpha value is -4.34. The van der Waals surface area contributed by atoms with Crippen LogP contribution in [-0.2, 0) is 20.9 Å². The average Bonchev–Trinajstić information content (AvgIpc) is 3.07. The van der Waals surface area contributed by atoms with E-state index < -0.39 is 47.9 Å². The summed E-state index contributed by atoms with van der Waals surface area (Å²) in [5.41, 5.74) is 0.411. The number of imide groups is 1. The van der Waals surface area contributed by atoms with Gasteiger partial charge >= 0.3 is 11.9 Å². The molecular formula is C24H21N3O7. The van der Waals surface area contributed by atoms with Crippen LogP contribution in [0.15, 0.2) is 47.3 Å². The zero-order chi connectivity index (χ0) is 24.6. The van der Waals surface area contributed by atoms with Gasteiger partial charge in [0, 0.05) is 0 Å². The van der Waals surface area contributed by atoms with Crippen molar-refractivity contribution in [3.8, 4) is 0 Å². The number of esters is 2. The number of carbonyl (C=O) groups excluding carboxylic acids is 4. The quantitative estimate of drug-likeness (QED) is 0.433. The summed E-state index contributed by atoms with van der Waals surface area (Å²) in [4.78, 5) is 70.5. The van der Waals surface area contributed by atoms with Crippen molar-refractivity contribution in [2.24, 2.45) is 5.92 Å². The Kier molecular flexibility index (Phi) is 5.97. The number of methoxy groups -OCH3 is 1. The molecule has 1 unspecified atom stereocenters. The number of aromatic nitrogens is 2. The van der Waals surface area contributed by atoms with E-state index in [0.29, 0.717) is 0 Å². The van der Waals surface area contributed by atoms with E-state index in [9.17, 15) is 24.0 Å². The number of benzene rings is 2. The van der Waals surface area contributed by atoms with Gasteiger partial charge in [0.2, 0.25) is 0 Å². The van der Waals surface area contributed by atoms with Gasteiger partial charge in [-0.15, -0.1) is 0 Å². The summed E-state index contributed by atoms with van der Waals surface area (Å²) in [7, 11) is 1.24. The lowest BCUT2D eigenvalue weighted by atomic mass is 10.0. The summed E-state index contributed by atoms with van der Waals surface area (Å²) in [6.07, 6.45) is 0. The van der Waals surface area contributed by atoms with Crippen LogP contribution in [0.25, 0.3) is 10.9 Å². The van der Waals surface area contributed by atoms with Crippen molar-refractivity contribution in [1.82, 2.24) is 14.9 Å². The molecule has 4 rings (SSSR count). The highest BCUT2D eigenvalue weighted by Gasteiger charge is 2.44. The lowest BCUT2D eigenvalue weighted by Crippen LogP contribution is -2.48. The second-order valence-corrected chi connectivity index (χ2v) is 8.06. The first-order valence-corrected chi connectivity index (χ1v) is 10.5. The Morgan fingerprint density at radius 3 is 2.26 bits per heavy atom. The van der Waals surface area contributed by atoms with Crippen molar-refractivity contribution in [2.75, 3.05) is 7.11 Å². The molecule has 1 aromatic heterocycles. The normalized spacial score (nSPS) is 13.8. The van der Waals surface area contributed by atoms with Crippen LogP contribution in [0, 0.1) is 5.92 Å². The zero-order valence-corrected chi connectivity index (χ0v) is 18.7. The molecule has 0 saturated carbocycles. The Balaban J connectivity index is 1.57. The molecule has 2 amide bonds. The predicted molar refractivity (Wildman–Crippen MR) is 119 cm³/mol. The Labute approximate surface area is 193 Å². The molecule has 1 aliphatic rings. The van der Waals surface area contributed by atoms with Crippen LogP contribution in [0.4, 0.5) is 0 Å². The molecule has 34 heavy (non-hydrogen) atoms. The SMILES string of the molecule is COC(=O)c1ccc2c(=O)[nH]c(COC(=O)C(C(C)C)N3C(=O)c4ccccc4C3=O)nc2c1. The minimum atomic E-state index is -1.16. The number of rotatable bonds is 6. The van der Waals surface area contributed by atoms with Gasteiger partial charge in [-0.1, -0.05) is 26.0 Å². The number of hydrogen-bond acceptors (Lipinski definition) is 8. The lowest BCUT2D eigenvalue weighted by Gasteiger charge is -2.27.